The molecule has 1 atom stereocenters. The Morgan fingerprint density at radius 2 is 1.73 bits per heavy atom. The van der Waals surface area contributed by atoms with Gasteiger partial charge in [-0.05, 0) is 30.9 Å². The quantitative estimate of drug-likeness (QED) is 0.615. The molecule has 0 saturated carbocycles. The van der Waals surface area contributed by atoms with Crippen LogP contribution in [0.15, 0.2) is 72.9 Å². The van der Waals surface area contributed by atoms with Crippen molar-refractivity contribution in [1.29, 1.82) is 0 Å². The zero-order valence-electron chi connectivity index (χ0n) is 17.3. The first-order valence-electron chi connectivity index (χ1n) is 10.5. The van der Waals surface area contributed by atoms with Crippen LogP contribution in [0, 0.1) is 6.92 Å². The largest absolute Gasteiger partial charge is 0.472 e. The molecule has 1 fully saturated rings. The number of hydrogen-bond donors (Lipinski definition) is 0. The first-order valence-corrected chi connectivity index (χ1v) is 10.5. The Morgan fingerprint density at radius 1 is 1.07 bits per heavy atom. The van der Waals surface area contributed by atoms with E-state index in [2.05, 4.69) is 34.2 Å². The van der Waals surface area contributed by atoms with E-state index in [4.69, 9.17) is 4.74 Å². The van der Waals surface area contributed by atoms with Gasteiger partial charge in [0.15, 0.2) is 0 Å². The maximum Gasteiger partial charge on any atom is 0.223 e. The highest BCUT2D eigenvalue weighted by atomic mass is 16.5. The molecule has 3 aromatic rings. The van der Waals surface area contributed by atoms with Gasteiger partial charge in [-0.1, -0.05) is 60.7 Å². The van der Waals surface area contributed by atoms with Crippen LogP contribution in [-0.2, 0) is 4.79 Å². The average molecular weight is 402 g/mol. The molecule has 1 aliphatic rings. The molecule has 0 bridgehead atoms. The normalized spacial score (nSPS) is 16.5. The van der Waals surface area contributed by atoms with Gasteiger partial charge in [-0.15, -0.1) is 0 Å². The number of ether oxygens (including phenoxy) is 1. The van der Waals surface area contributed by atoms with Crippen molar-refractivity contribution in [2.75, 3.05) is 13.1 Å². The summed E-state index contributed by atoms with van der Waals surface area (Å²) in [7, 11) is 0. The first-order chi connectivity index (χ1) is 14.7. The second kappa shape index (κ2) is 9.53. The molecule has 2 aromatic carbocycles. The fourth-order valence-electron chi connectivity index (χ4n) is 4.03. The summed E-state index contributed by atoms with van der Waals surface area (Å²) in [5.41, 5.74) is 2.33. The second-order valence-corrected chi connectivity index (χ2v) is 7.74. The summed E-state index contributed by atoms with van der Waals surface area (Å²) < 4.78 is 6.05. The van der Waals surface area contributed by atoms with Crippen LogP contribution in [0.25, 0.3) is 0 Å². The second-order valence-electron chi connectivity index (χ2n) is 7.74. The highest BCUT2D eigenvalue weighted by Crippen LogP contribution is 2.29. The fourth-order valence-corrected chi connectivity index (χ4v) is 4.03. The van der Waals surface area contributed by atoms with Gasteiger partial charge in [0.05, 0.1) is 6.54 Å². The van der Waals surface area contributed by atoms with Gasteiger partial charge in [0.25, 0.3) is 0 Å². The van der Waals surface area contributed by atoms with Gasteiger partial charge in [0.2, 0.25) is 11.8 Å². The minimum atomic E-state index is -0.0381. The van der Waals surface area contributed by atoms with Gasteiger partial charge in [0.1, 0.15) is 11.9 Å². The van der Waals surface area contributed by atoms with Crippen LogP contribution in [-0.4, -0.2) is 40.0 Å². The van der Waals surface area contributed by atoms with E-state index in [1.165, 1.54) is 11.1 Å². The molecular formula is C25H27N3O2. The van der Waals surface area contributed by atoms with Crippen LogP contribution in [0.1, 0.15) is 42.1 Å². The van der Waals surface area contributed by atoms with Crippen molar-refractivity contribution in [2.45, 2.75) is 38.2 Å². The third-order valence-corrected chi connectivity index (χ3v) is 5.55. The average Bonchev–Trinajstić information content (AvgIpc) is 2.79. The molecule has 5 nitrogen and oxygen atoms in total. The number of carbonyl (C=O) groups is 1. The number of benzene rings is 2. The lowest BCUT2D eigenvalue weighted by atomic mass is 9.88. The van der Waals surface area contributed by atoms with Gasteiger partial charge >= 0.3 is 0 Å². The SMILES string of the molecule is Cc1nccc(OC2CCCN(C(=O)CC(c3ccccc3)c3ccccc3)C2)n1. The van der Waals surface area contributed by atoms with Gasteiger partial charge in [-0.3, -0.25) is 4.79 Å². The Bertz CT molecular complexity index is 923. The Balaban J connectivity index is 1.45. The number of carbonyl (C=O) groups excluding carboxylic acids is 1. The summed E-state index contributed by atoms with van der Waals surface area (Å²) in [6, 6.07) is 22.3. The number of aryl methyl sites for hydroxylation is 1. The Morgan fingerprint density at radius 3 is 2.37 bits per heavy atom. The van der Waals surface area contributed by atoms with E-state index in [9.17, 15) is 4.79 Å². The molecule has 0 N–H and O–H groups in total. The molecule has 30 heavy (non-hydrogen) atoms. The van der Waals surface area contributed by atoms with Crippen LogP contribution >= 0.6 is 0 Å². The van der Waals surface area contributed by atoms with Crippen molar-refractivity contribution in [3.8, 4) is 5.88 Å². The van der Waals surface area contributed by atoms with Crippen molar-refractivity contribution in [3.05, 3.63) is 89.9 Å². The summed E-state index contributed by atoms with van der Waals surface area (Å²) in [6.07, 6.45) is 3.97. The van der Waals surface area contributed by atoms with E-state index >= 15 is 0 Å². The van der Waals surface area contributed by atoms with E-state index in [1.807, 2.05) is 48.2 Å². The summed E-state index contributed by atoms with van der Waals surface area (Å²) in [4.78, 5) is 23.6. The zero-order chi connectivity index (χ0) is 20.8. The van der Waals surface area contributed by atoms with Crippen molar-refractivity contribution in [1.82, 2.24) is 14.9 Å². The van der Waals surface area contributed by atoms with Crippen molar-refractivity contribution >= 4 is 5.91 Å². The number of hydrogen-bond acceptors (Lipinski definition) is 4. The van der Waals surface area contributed by atoms with E-state index in [0.29, 0.717) is 24.7 Å². The molecule has 1 amide bonds. The van der Waals surface area contributed by atoms with Crippen LogP contribution in [0.2, 0.25) is 0 Å². The molecule has 154 valence electrons. The number of likely N-dealkylation sites (tertiary alicyclic amines) is 1. The summed E-state index contributed by atoms with van der Waals surface area (Å²) in [6.45, 7) is 3.22. The molecule has 1 saturated heterocycles. The van der Waals surface area contributed by atoms with Crippen molar-refractivity contribution in [2.24, 2.45) is 0 Å². The third-order valence-electron chi connectivity index (χ3n) is 5.55. The van der Waals surface area contributed by atoms with Crippen molar-refractivity contribution in [3.63, 3.8) is 0 Å². The molecular weight excluding hydrogens is 374 g/mol. The Hall–Kier alpha value is -3.21. The topological polar surface area (TPSA) is 55.3 Å². The number of aromatic nitrogens is 2. The summed E-state index contributed by atoms with van der Waals surface area (Å²) in [5, 5.41) is 0. The lowest BCUT2D eigenvalue weighted by Gasteiger charge is -2.33. The number of amides is 1. The molecule has 0 radical (unpaired) electrons. The summed E-state index contributed by atoms with van der Waals surface area (Å²) >= 11 is 0. The first kappa shape index (κ1) is 20.1. The molecule has 1 unspecified atom stereocenters. The molecule has 1 aliphatic heterocycles. The number of nitrogens with zero attached hydrogens (tertiary/aromatic N) is 3. The maximum absolute atomic E-state index is 13.3. The van der Waals surface area contributed by atoms with Gasteiger partial charge in [0, 0.05) is 31.1 Å². The predicted molar refractivity (Wildman–Crippen MR) is 116 cm³/mol. The molecule has 0 aliphatic carbocycles. The predicted octanol–water partition coefficient (Wildman–Crippen LogP) is 4.38. The van der Waals surface area contributed by atoms with E-state index in [-0.39, 0.29) is 17.9 Å². The monoisotopic (exact) mass is 401 g/mol. The number of rotatable bonds is 6. The highest BCUT2D eigenvalue weighted by molar-refractivity contribution is 5.78. The fraction of sp³-hybridized carbons (Fsp3) is 0.320. The lowest BCUT2D eigenvalue weighted by molar-refractivity contribution is -0.134. The molecule has 2 heterocycles. The van der Waals surface area contributed by atoms with E-state index in [0.717, 1.165) is 19.4 Å². The van der Waals surface area contributed by atoms with Crippen LogP contribution < -0.4 is 4.74 Å². The molecule has 5 heteroatoms. The minimum Gasteiger partial charge on any atom is -0.472 e. The number of piperidine rings is 1. The Labute approximate surface area is 177 Å². The minimum absolute atomic E-state index is 0.0381. The maximum atomic E-state index is 13.3. The molecule has 4 rings (SSSR count). The smallest absolute Gasteiger partial charge is 0.223 e. The van der Waals surface area contributed by atoms with Gasteiger partial charge < -0.3 is 9.64 Å². The standard InChI is InChI=1S/C25H27N3O2/c1-19-26-15-14-24(27-19)30-22-13-8-16-28(18-22)25(29)17-23(20-9-4-2-5-10-20)21-11-6-3-7-12-21/h2-7,9-12,14-15,22-23H,8,13,16-18H2,1H3. The van der Waals surface area contributed by atoms with Crippen LogP contribution in [0.4, 0.5) is 0 Å². The molecule has 1 aromatic heterocycles. The highest BCUT2D eigenvalue weighted by Gasteiger charge is 2.28. The van der Waals surface area contributed by atoms with Crippen molar-refractivity contribution < 1.29 is 9.53 Å². The Kier molecular flexibility index (Phi) is 6.38. The van der Waals surface area contributed by atoms with Crippen LogP contribution in [0.3, 0.4) is 0 Å². The van der Waals surface area contributed by atoms with Gasteiger partial charge in [-0.2, -0.15) is 4.98 Å². The molecule has 0 spiro atoms. The van der Waals surface area contributed by atoms with E-state index < -0.39 is 0 Å². The lowest BCUT2D eigenvalue weighted by Crippen LogP contribution is -2.44. The zero-order valence-corrected chi connectivity index (χ0v) is 17.3. The van der Waals surface area contributed by atoms with Crippen LogP contribution in [0.5, 0.6) is 5.88 Å². The van der Waals surface area contributed by atoms with Gasteiger partial charge in [-0.25, -0.2) is 4.98 Å². The summed E-state index contributed by atoms with van der Waals surface area (Å²) in [5.74, 6) is 1.48. The third kappa shape index (κ3) is 5.03. The van der Waals surface area contributed by atoms with E-state index in [1.54, 1.807) is 12.3 Å².